The molecule has 0 atom stereocenters. The molecule has 0 aliphatic carbocycles. The second-order valence-corrected chi connectivity index (χ2v) is 3.21. The molecule has 0 aromatic rings. The fraction of sp³-hybridized carbons (Fsp3) is 0.778. The fourth-order valence-electron chi connectivity index (χ4n) is 1.49. The Morgan fingerprint density at radius 1 is 1.43 bits per heavy atom. The van der Waals surface area contributed by atoms with Crippen LogP contribution in [0.2, 0.25) is 0 Å². The number of methoxy groups -OCH3 is 1. The van der Waals surface area contributed by atoms with Crippen molar-refractivity contribution in [3.8, 4) is 6.07 Å². The molecular formula is C9H15N3O2. The molecule has 1 saturated heterocycles. The van der Waals surface area contributed by atoms with Crippen LogP contribution >= 0.6 is 0 Å². The van der Waals surface area contributed by atoms with E-state index < -0.39 is 0 Å². The van der Waals surface area contributed by atoms with Crippen molar-refractivity contribution in [1.29, 1.82) is 5.26 Å². The molecule has 0 N–H and O–H groups in total. The van der Waals surface area contributed by atoms with Crippen molar-refractivity contribution in [2.45, 2.75) is 6.42 Å². The molecule has 5 nitrogen and oxygen atoms in total. The lowest BCUT2D eigenvalue weighted by molar-refractivity contribution is 0.0917. The van der Waals surface area contributed by atoms with Crippen LogP contribution in [0.1, 0.15) is 6.42 Å². The molecule has 0 aromatic carbocycles. The summed E-state index contributed by atoms with van der Waals surface area (Å²) in [5.74, 6) is 0. The minimum absolute atomic E-state index is 0.259. The molecule has 1 fully saturated rings. The highest BCUT2D eigenvalue weighted by molar-refractivity contribution is 5.67. The van der Waals surface area contributed by atoms with Crippen molar-refractivity contribution in [3.05, 3.63) is 0 Å². The summed E-state index contributed by atoms with van der Waals surface area (Å²) in [6.07, 6.45) is 0.294. The first-order valence-electron chi connectivity index (χ1n) is 4.70. The lowest BCUT2D eigenvalue weighted by Gasteiger charge is -2.33. The van der Waals surface area contributed by atoms with Crippen LogP contribution in [0.4, 0.5) is 4.79 Å². The number of amides is 1. The Morgan fingerprint density at radius 2 is 2.07 bits per heavy atom. The Kier molecular flexibility index (Phi) is 4.20. The van der Waals surface area contributed by atoms with Crippen molar-refractivity contribution >= 4 is 6.09 Å². The quantitative estimate of drug-likeness (QED) is 0.638. The number of hydrogen-bond acceptors (Lipinski definition) is 4. The second kappa shape index (κ2) is 5.45. The van der Waals surface area contributed by atoms with Gasteiger partial charge in [-0.25, -0.2) is 4.79 Å². The van der Waals surface area contributed by atoms with Gasteiger partial charge in [-0.05, 0) is 0 Å². The van der Waals surface area contributed by atoms with E-state index in [1.54, 1.807) is 4.90 Å². The van der Waals surface area contributed by atoms with Gasteiger partial charge in [0.05, 0.1) is 13.2 Å². The van der Waals surface area contributed by atoms with Crippen molar-refractivity contribution in [2.24, 2.45) is 0 Å². The van der Waals surface area contributed by atoms with E-state index in [9.17, 15) is 4.79 Å². The highest BCUT2D eigenvalue weighted by atomic mass is 16.5. The van der Waals surface area contributed by atoms with Crippen LogP contribution in [0.5, 0.6) is 0 Å². The van der Waals surface area contributed by atoms with Crippen molar-refractivity contribution in [2.75, 3.05) is 39.8 Å². The zero-order valence-electron chi connectivity index (χ0n) is 8.40. The minimum atomic E-state index is -0.259. The van der Waals surface area contributed by atoms with Gasteiger partial charge in [-0.2, -0.15) is 5.26 Å². The highest BCUT2D eigenvalue weighted by Crippen LogP contribution is 2.03. The summed E-state index contributed by atoms with van der Waals surface area (Å²) in [5.41, 5.74) is 0. The van der Waals surface area contributed by atoms with Gasteiger partial charge in [0.2, 0.25) is 0 Å². The van der Waals surface area contributed by atoms with Gasteiger partial charge in [0.1, 0.15) is 0 Å². The Balaban J connectivity index is 2.25. The number of ether oxygens (including phenoxy) is 1. The largest absolute Gasteiger partial charge is 0.453 e. The molecule has 1 aliphatic heterocycles. The first-order valence-corrected chi connectivity index (χ1v) is 4.70. The molecule has 5 heteroatoms. The smallest absolute Gasteiger partial charge is 0.409 e. The number of carbonyl (C=O) groups is 1. The molecule has 0 aromatic heterocycles. The van der Waals surface area contributed by atoms with Crippen molar-refractivity contribution in [1.82, 2.24) is 9.80 Å². The molecule has 0 bridgehead atoms. The summed E-state index contributed by atoms with van der Waals surface area (Å²) in [6.45, 7) is 3.84. The van der Waals surface area contributed by atoms with E-state index in [4.69, 9.17) is 5.26 Å². The summed E-state index contributed by atoms with van der Waals surface area (Å²) in [7, 11) is 1.39. The van der Waals surface area contributed by atoms with Crippen LogP contribution < -0.4 is 0 Å². The molecule has 14 heavy (non-hydrogen) atoms. The normalized spacial score (nSPS) is 17.6. The third kappa shape index (κ3) is 2.89. The molecule has 0 radical (unpaired) electrons. The average Bonchev–Trinajstić information content (AvgIpc) is 2.26. The Labute approximate surface area is 83.8 Å². The predicted molar refractivity (Wildman–Crippen MR) is 50.6 cm³/mol. The third-order valence-corrected chi connectivity index (χ3v) is 2.34. The van der Waals surface area contributed by atoms with E-state index in [1.165, 1.54) is 7.11 Å². The maximum absolute atomic E-state index is 11.1. The summed E-state index contributed by atoms with van der Waals surface area (Å²) in [6, 6.07) is 2.11. The molecule has 1 aliphatic rings. The first kappa shape index (κ1) is 10.8. The molecule has 1 amide bonds. The third-order valence-electron chi connectivity index (χ3n) is 2.34. The standard InChI is InChI=1S/C9H15N3O2/c1-14-9(13)12-7-5-11(6-8-12)4-2-3-10/h2,4-8H2,1H3. The summed E-state index contributed by atoms with van der Waals surface area (Å²) < 4.78 is 4.62. The van der Waals surface area contributed by atoms with E-state index in [-0.39, 0.29) is 6.09 Å². The number of nitrogens with zero attached hydrogens (tertiary/aromatic N) is 3. The van der Waals surface area contributed by atoms with Gasteiger partial charge in [-0.1, -0.05) is 0 Å². The maximum atomic E-state index is 11.1. The van der Waals surface area contributed by atoms with Gasteiger partial charge in [-0.3, -0.25) is 4.90 Å². The van der Waals surface area contributed by atoms with Gasteiger partial charge >= 0.3 is 6.09 Å². The average molecular weight is 197 g/mol. The topological polar surface area (TPSA) is 56.6 Å². The second-order valence-electron chi connectivity index (χ2n) is 3.21. The molecule has 1 rings (SSSR count). The minimum Gasteiger partial charge on any atom is -0.453 e. The van der Waals surface area contributed by atoms with Gasteiger partial charge in [0.15, 0.2) is 0 Å². The number of hydrogen-bond donors (Lipinski definition) is 0. The lowest BCUT2D eigenvalue weighted by atomic mass is 10.3. The number of carbonyl (C=O) groups excluding carboxylic acids is 1. The van der Waals surface area contributed by atoms with Gasteiger partial charge in [-0.15, -0.1) is 0 Å². The van der Waals surface area contributed by atoms with Crippen LogP contribution in [0.25, 0.3) is 0 Å². The van der Waals surface area contributed by atoms with Crippen LogP contribution in [-0.4, -0.2) is 55.7 Å². The summed E-state index contributed by atoms with van der Waals surface area (Å²) in [5, 5.41) is 8.41. The van der Waals surface area contributed by atoms with Crippen LogP contribution in [0, 0.1) is 11.3 Å². The molecule has 78 valence electrons. The fourth-order valence-corrected chi connectivity index (χ4v) is 1.49. The number of nitriles is 1. The van der Waals surface area contributed by atoms with E-state index in [2.05, 4.69) is 15.7 Å². The van der Waals surface area contributed by atoms with Gasteiger partial charge in [0, 0.05) is 39.1 Å². The molecule has 0 unspecified atom stereocenters. The SMILES string of the molecule is COC(=O)N1CCN(CCC#N)CC1. The predicted octanol–water partition coefficient (Wildman–Crippen LogP) is 0.284. The first-order chi connectivity index (χ1) is 6.77. The van der Waals surface area contributed by atoms with Crippen LogP contribution in [0.3, 0.4) is 0 Å². The maximum Gasteiger partial charge on any atom is 0.409 e. The highest BCUT2D eigenvalue weighted by Gasteiger charge is 2.20. The Bertz CT molecular complexity index is 229. The molecule has 0 saturated carbocycles. The Morgan fingerprint density at radius 3 is 2.57 bits per heavy atom. The molecule has 0 spiro atoms. The van der Waals surface area contributed by atoms with Crippen LogP contribution in [-0.2, 0) is 4.74 Å². The molecular weight excluding hydrogens is 182 g/mol. The van der Waals surface area contributed by atoms with E-state index in [0.29, 0.717) is 19.5 Å². The van der Waals surface area contributed by atoms with Gasteiger partial charge < -0.3 is 9.64 Å². The summed E-state index contributed by atoms with van der Waals surface area (Å²) >= 11 is 0. The monoisotopic (exact) mass is 197 g/mol. The van der Waals surface area contributed by atoms with E-state index in [0.717, 1.165) is 19.6 Å². The number of piperazine rings is 1. The van der Waals surface area contributed by atoms with Crippen molar-refractivity contribution < 1.29 is 9.53 Å². The molecule has 1 heterocycles. The van der Waals surface area contributed by atoms with Gasteiger partial charge in [0.25, 0.3) is 0 Å². The zero-order chi connectivity index (χ0) is 10.4. The number of rotatable bonds is 2. The zero-order valence-corrected chi connectivity index (χ0v) is 8.40. The van der Waals surface area contributed by atoms with E-state index >= 15 is 0 Å². The lowest BCUT2D eigenvalue weighted by Crippen LogP contribution is -2.48. The van der Waals surface area contributed by atoms with Crippen molar-refractivity contribution in [3.63, 3.8) is 0 Å². The van der Waals surface area contributed by atoms with Crippen LogP contribution in [0.15, 0.2) is 0 Å². The Hall–Kier alpha value is -1.28. The van der Waals surface area contributed by atoms with E-state index in [1.807, 2.05) is 0 Å². The summed E-state index contributed by atoms with van der Waals surface area (Å²) in [4.78, 5) is 15.0.